The minimum Gasteiger partial charge on any atom is -0.507 e. The number of carbonyl (C=O) groups is 2. The molecule has 12 nitrogen and oxygen atoms in total. The fourth-order valence-electron chi connectivity index (χ4n) is 5.80. The first-order chi connectivity index (χ1) is 25.7. The van der Waals surface area contributed by atoms with Crippen molar-refractivity contribution in [1.29, 1.82) is 0 Å². The summed E-state index contributed by atoms with van der Waals surface area (Å²) < 4.78 is 23.1. The van der Waals surface area contributed by atoms with E-state index in [4.69, 9.17) is 24.7 Å². The van der Waals surface area contributed by atoms with Crippen LogP contribution in [0.3, 0.4) is 0 Å². The van der Waals surface area contributed by atoms with Gasteiger partial charge in [0.15, 0.2) is 11.6 Å². The van der Waals surface area contributed by atoms with Crippen molar-refractivity contribution in [2.75, 3.05) is 18.9 Å². The highest BCUT2D eigenvalue weighted by molar-refractivity contribution is 5.71. The van der Waals surface area contributed by atoms with Crippen LogP contribution in [0.2, 0.25) is 0 Å². The van der Waals surface area contributed by atoms with Crippen LogP contribution in [-0.2, 0) is 19.1 Å². The molecule has 4 N–H and O–H groups in total. The fraction of sp³-hybridized carbons (Fsp3) is 0.585. The molecule has 0 amide bonds. The van der Waals surface area contributed by atoms with Crippen molar-refractivity contribution in [2.24, 2.45) is 0 Å². The van der Waals surface area contributed by atoms with Gasteiger partial charge in [0.2, 0.25) is 5.95 Å². The zero-order valence-electron chi connectivity index (χ0n) is 32.1. The number of phenolic OH excluding ortho intramolecular Hbond substituents is 2. The molecule has 0 fully saturated rings. The van der Waals surface area contributed by atoms with Crippen molar-refractivity contribution in [2.45, 2.75) is 143 Å². The minimum absolute atomic E-state index is 0.0991. The zero-order chi connectivity index (χ0) is 38.4. The van der Waals surface area contributed by atoms with Gasteiger partial charge in [0.1, 0.15) is 48.4 Å². The summed E-state index contributed by atoms with van der Waals surface area (Å²) in [5.74, 6) is 0.0540. The van der Waals surface area contributed by atoms with Gasteiger partial charge in [-0.15, -0.1) is 0 Å². The van der Waals surface area contributed by atoms with Crippen LogP contribution in [0.1, 0.15) is 130 Å². The SMILES string of the molecule is CCCCCCCCC(COC(=O)CC)Oc1ccc(-c2nc(N)nc(-c3ccc(OC(CCCCCCCC)COC(=O)CC)cc3O)n2)c(O)c1. The van der Waals surface area contributed by atoms with Gasteiger partial charge >= 0.3 is 11.9 Å². The molecule has 2 unspecified atom stereocenters. The van der Waals surface area contributed by atoms with Crippen molar-refractivity contribution in [1.82, 2.24) is 15.0 Å². The van der Waals surface area contributed by atoms with Gasteiger partial charge < -0.3 is 34.9 Å². The average molecular weight is 737 g/mol. The number of aromatic hydroxyl groups is 2. The number of rotatable bonds is 26. The predicted molar refractivity (Wildman–Crippen MR) is 206 cm³/mol. The van der Waals surface area contributed by atoms with Crippen molar-refractivity contribution in [3.8, 4) is 45.8 Å². The van der Waals surface area contributed by atoms with E-state index < -0.39 is 0 Å². The van der Waals surface area contributed by atoms with Crippen LogP contribution in [0.25, 0.3) is 22.8 Å². The quantitative estimate of drug-likeness (QED) is 0.0527. The summed E-state index contributed by atoms with van der Waals surface area (Å²) in [5, 5.41) is 22.1. The molecule has 0 spiro atoms. The topological polar surface area (TPSA) is 176 Å². The van der Waals surface area contributed by atoms with E-state index in [9.17, 15) is 19.8 Å². The van der Waals surface area contributed by atoms with E-state index in [-0.39, 0.29) is 90.4 Å². The number of carbonyl (C=O) groups excluding carboxylic acids is 2. The van der Waals surface area contributed by atoms with Crippen LogP contribution in [0.15, 0.2) is 36.4 Å². The Hall–Kier alpha value is -4.61. The van der Waals surface area contributed by atoms with E-state index in [2.05, 4.69) is 28.8 Å². The fourth-order valence-corrected chi connectivity index (χ4v) is 5.80. The maximum atomic E-state index is 11.8. The molecule has 0 saturated carbocycles. The number of phenols is 2. The highest BCUT2D eigenvalue weighted by Gasteiger charge is 2.19. The first-order valence-electron chi connectivity index (χ1n) is 19.5. The molecule has 0 bridgehead atoms. The summed E-state index contributed by atoms with van der Waals surface area (Å²) >= 11 is 0. The molecule has 0 aliphatic heterocycles. The lowest BCUT2D eigenvalue weighted by Crippen LogP contribution is -2.25. The summed E-state index contributed by atoms with van der Waals surface area (Å²) in [7, 11) is 0. The normalized spacial score (nSPS) is 12.2. The Morgan fingerprint density at radius 2 is 1.00 bits per heavy atom. The van der Waals surface area contributed by atoms with Crippen LogP contribution in [0.4, 0.5) is 5.95 Å². The van der Waals surface area contributed by atoms with Crippen LogP contribution < -0.4 is 15.2 Å². The average Bonchev–Trinajstić information content (AvgIpc) is 3.14. The Balaban J connectivity index is 1.74. The monoisotopic (exact) mass is 736 g/mol. The molecule has 0 aliphatic carbocycles. The lowest BCUT2D eigenvalue weighted by Gasteiger charge is -2.20. The van der Waals surface area contributed by atoms with E-state index >= 15 is 0 Å². The predicted octanol–water partition coefficient (Wildman–Crippen LogP) is 9.10. The molecule has 2 atom stereocenters. The summed E-state index contributed by atoms with van der Waals surface area (Å²) in [6.45, 7) is 8.11. The van der Waals surface area contributed by atoms with Crippen molar-refractivity contribution < 1.29 is 38.7 Å². The van der Waals surface area contributed by atoms with Crippen LogP contribution in [-0.4, -0.2) is 62.5 Å². The molecule has 1 heterocycles. The van der Waals surface area contributed by atoms with E-state index in [0.29, 0.717) is 24.3 Å². The lowest BCUT2D eigenvalue weighted by molar-refractivity contribution is -0.146. The smallest absolute Gasteiger partial charge is 0.305 e. The molecule has 3 rings (SSSR count). The molecule has 292 valence electrons. The molecule has 0 radical (unpaired) electrons. The highest BCUT2D eigenvalue weighted by atomic mass is 16.6. The number of anilines is 1. The van der Waals surface area contributed by atoms with Crippen molar-refractivity contribution in [3.05, 3.63) is 36.4 Å². The van der Waals surface area contributed by atoms with Gasteiger partial charge in [-0.25, -0.2) is 4.98 Å². The summed E-state index contributed by atoms with van der Waals surface area (Å²) in [4.78, 5) is 36.7. The van der Waals surface area contributed by atoms with Gasteiger partial charge in [-0.2, -0.15) is 9.97 Å². The number of ether oxygens (including phenoxy) is 4. The molecular formula is C41H60N4O8. The first kappa shape index (κ1) is 42.8. The van der Waals surface area contributed by atoms with E-state index in [1.54, 1.807) is 38.1 Å². The highest BCUT2D eigenvalue weighted by Crippen LogP contribution is 2.35. The molecule has 2 aromatic carbocycles. The molecule has 3 aromatic rings. The maximum Gasteiger partial charge on any atom is 0.305 e. The molecule has 1 aromatic heterocycles. The number of hydrogen-bond acceptors (Lipinski definition) is 12. The van der Waals surface area contributed by atoms with Crippen LogP contribution >= 0.6 is 0 Å². The van der Waals surface area contributed by atoms with Crippen LogP contribution in [0.5, 0.6) is 23.0 Å². The van der Waals surface area contributed by atoms with Gasteiger partial charge in [-0.3, -0.25) is 9.59 Å². The number of unbranched alkanes of at least 4 members (excludes halogenated alkanes) is 10. The largest absolute Gasteiger partial charge is 0.507 e. The minimum atomic E-state index is -0.367. The molecule has 53 heavy (non-hydrogen) atoms. The number of hydrogen-bond donors (Lipinski definition) is 3. The Morgan fingerprint density at radius 1 is 0.604 bits per heavy atom. The van der Waals surface area contributed by atoms with E-state index in [0.717, 1.165) is 38.5 Å². The second kappa shape index (κ2) is 23.9. The summed E-state index contributed by atoms with van der Waals surface area (Å²) in [6, 6.07) is 9.55. The lowest BCUT2D eigenvalue weighted by atomic mass is 10.1. The second-order valence-corrected chi connectivity index (χ2v) is 13.4. The third-order valence-corrected chi connectivity index (χ3v) is 8.88. The first-order valence-corrected chi connectivity index (χ1v) is 19.5. The number of esters is 2. The van der Waals surface area contributed by atoms with E-state index in [1.165, 1.54) is 50.7 Å². The molecule has 0 aliphatic rings. The van der Waals surface area contributed by atoms with Gasteiger partial charge in [-0.05, 0) is 49.9 Å². The Morgan fingerprint density at radius 3 is 1.38 bits per heavy atom. The molecule has 12 heteroatoms. The Labute approximate surface area is 314 Å². The van der Waals surface area contributed by atoms with E-state index in [1.807, 2.05) is 0 Å². The summed E-state index contributed by atoms with van der Waals surface area (Å²) in [6.07, 6.45) is 14.7. The second-order valence-electron chi connectivity index (χ2n) is 13.4. The third-order valence-electron chi connectivity index (χ3n) is 8.88. The standard InChI is InChI=1S/C41H60N4O8/c1-5-9-11-13-15-17-19-31(27-50-37(48)7-3)52-29-21-23-33(35(46)25-29)39-43-40(45-41(42)44-39)34-24-22-30(26-36(34)47)53-32(28-51-38(49)8-4)20-18-16-14-12-10-6-2/h21-26,31-32,46-47H,5-20,27-28H2,1-4H3,(H2,42,43,44,45). The summed E-state index contributed by atoms with van der Waals surface area (Å²) in [5.41, 5.74) is 6.65. The van der Waals surface area contributed by atoms with Crippen molar-refractivity contribution in [3.63, 3.8) is 0 Å². The number of nitrogens with two attached hydrogens (primary N) is 1. The molecular weight excluding hydrogens is 676 g/mol. The van der Waals surface area contributed by atoms with Gasteiger partial charge in [-0.1, -0.05) is 91.9 Å². The maximum absolute atomic E-state index is 11.8. The van der Waals surface area contributed by atoms with Crippen LogP contribution in [0, 0.1) is 0 Å². The van der Waals surface area contributed by atoms with Crippen molar-refractivity contribution >= 4 is 17.9 Å². The number of benzene rings is 2. The number of nitrogen functional groups attached to an aromatic ring is 1. The Bertz CT molecular complexity index is 1440. The third kappa shape index (κ3) is 15.5. The van der Waals surface area contributed by atoms with Gasteiger partial charge in [0, 0.05) is 25.0 Å². The Kier molecular flexibility index (Phi) is 19.3. The van der Waals surface area contributed by atoms with Gasteiger partial charge in [0.25, 0.3) is 0 Å². The van der Waals surface area contributed by atoms with Gasteiger partial charge in [0.05, 0.1) is 11.1 Å². The number of aromatic nitrogens is 3. The zero-order valence-corrected chi connectivity index (χ0v) is 32.1. The molecule has 0 saturated heterocycles. The number of nitrogens with zero attached hydrogens (tertiary/aromatic N) is 3.